The summed E-state index contributed by atoms with van der Waals surface area (Å²) in [6.45, 7) is 6.32. The lowest BCUT2D eigenvalue weighted by Crippen LogP contribution is -2.55. The van der Waals surface area contributed by atoms with Gasteiger partial charge in [-0.3, -0.25) is 4.90 Å². The van der Waals surface area contributed by atoms with Crippen LogP contribution in [-0.2, 0) is 6.42 Å². The first-order chi connectivity index (χ1) is 10.0. The van der Waals surface area contributed by atoms with E-state index in [2.05, 4.69) is 18.7 Å². The van der Waals surface area contributed by atoms with Gasteiger partial charge < -0.3 is 5.11 Å². The SMILES string of the molecule is CCC(CC)(C(O)Cc1cccc(F)c1Cl)N1CCCC1. The van der Waals surface area contributed by atoms with Crippen LogP contribution in [0.3, 0.4) is 0 Å². The smallest absolute Gasteiger partial charge is 0.142 e. The highest BCUT2D eigenvalue weighted by atomic mass is 35.5. The van der Waals surface area contributed by atoms with Gasteiger partial charge in [-0.2, -0.15) is 0 Å². The van der Waals surface area contributed by atoms with Gasteiger partial charge in [0.2, 0.25) is 0 Å². The highest BCUT2D eigenvalue weighted by Crippen LogP contribution is 2.34. The Kier molecular flexibility index (Phi) is 5.64. The minimum atomic E-state index is -0.537. The fourth-order valence-electron chi connectivity index (χ4n) is 3.65. The average molecular weight is 314 g/mol. The van der Waals surface area contributed by atoms with Gasteiger partial charge in [0.25, 0.3) is 0 Å². The summed E-state index contributed by atoms with van der Waals surface area (Å²) in [6, 6.07) is 4.80. The second-order valence-electron chi connectivity index (χ2n) is 5.94. The Balaban J connectivity index is 2.22. The van der Waals surface area contributed by atoms with E-state index in [1.54, 1.807) is 12.1 Å². The summed E-state index contributed by atoms with van der Waals surface area (Å²) >= 11 is 6.03. The van der Waals surface area contributed by atoms with E-state index < -0.39 is 11.9 Å². The summed E-state index contributed by atoms with van der Waals surface area (Å²) < 4.78 is 13.6. The van der Waals surface area contributed by atoms with Crippen molar-refractivity contribution in [1.29, 1.82) is 0 Å². The molecule has 21 heavy (non-hydrogen) atoms. The molecule has 0 aliphatic carbocycles. The molecule has 0 aromatic heterocycles. The Morgan fingerprint density at radius 2 is 1.90 bits per heavy atom. The van der Waals surface area contributed by atoms with Crippen LogP contribution in [0.15, 0.2) is 18.2 Å². The van der Waals surface area contributed by atoms with E-state index in [0.717, 1.165) is 25.9 Å². The molecular formula is C17H25ClFNO. The Morgan fingerprint density at radius 3 is 2.48 bits per heavy atom. The Bertz CT molecular complexity index is 470. The van der Waals surface area contributed by atoms with Crippen molar-refractivity contribution in [2.24, 2.45) is 0 Å². The van der Waals surface area contributed by atoms with E-state index in [9.17, 15) is 9.50 Å². The maximum absolute atomic E-state index is 13.6. The molecule has 0 spiro atoms. The molecule has 1 unspecified atom stereocenters. The number of benzene rings is 1. The molecule has 1 saturated heterocycles. The van der Waals surface area contributed by atoms with Crippen molar-refractivity contribution >= 4 is 11.6 Å². The fourth-order valence-corrected chi connectivity index (χ4v) is 3.85. The average Bonchev–Trinajstić information content (AvgIpc) is 3.00. The van der Waals surface area contributed by atoms with Crippen molar-refractivity contribution in [3.8, 4) is 0 Å². The van der Waals surface area contributed by atoms with Crippen LogP contribution >= 0.6 is 11.6 Å². The zero-order chi connectivity index (χ0) is 15.5. The van der Waals surface area contributed by atoms with Gasteiger partial charge in [-0.25, -0.2) is 4.39 Å². The first-order valence-electron chi connectivity index (χ1n) is 7.91. The second kappa shape index (κ2) is 7.08. The van der Waals surface area contributed by atoms with E-state index in [1.807, 2.05) is 0 Å². The number of aliphatic hydroxyl groups excluding tert-OH is 1. The van der Waals surface area contributed by atoms with Crippen molar-refractivity contribution in [2.45, 2.75) is 57.6 Å². The highest BCUT2D eigenvalue weighted by Gasteiger charge is 2.41. The van der Waals surface area contributed by atoms with Gasteiger partial charge in [0.1, 0.15) is 5.82 Å². The van der Waals surface area contributed by atoms with Crippen molar-refractivity contribution in [3.63, 3.8) is 0 Å². The lowest BCUT2D eigenvalue weighted by Gasteiger charge is -2.44. The summed E-state index contributed by atoms with van der Waals surface area (Å²) in [5, 5.41) is 11.0. The van der Waals surface area contributed by atoms with Crippen LogP contribution < -0.4 is 0 Å². The van der Waals surface area contributed by atoms with Crippen LogP contribution in [-0.4, -0.2) is 34.7 Å². The molecule has 1 aromatic rings. The molecule has 1 heterocycles. The quantitative estimate of drug-likeness (QED) is 0.857. The van der Waals surface area contributed by atoms with E-state index >= 15 is 0 Å². The molecule has 2 rings (SSSR count). The molecule has 1 aliphatic rings. The fraction of sp³-hybridized carbons (Fsp3) is 0.647. The number of rotatable bonds is 6. The maximum Gasteiger partial charge on any atom is 0.142 e. The Morgan fingerprint density at radius 1 is 1.29 bits per heavy atom. The van der Waals surface area contributed by atoms with Crippen molar-refractivity contribution in [1.82, 2.24) is 4.90 Å². The number of halogens is 2. The number of nitrogens with zero attached hydrogens (tertiary/aromatic N) is 1. The predicted octanol–water partition coefficient (Wildman–Crippen LogP) is 4.04. The van der Waals surface area contributed by atoms with Gasteiger partial charge in [0.05, 0.1) is 11.1 Å². The third-order valence-corrected chi connectivity index (χ3v) is 5.45. The molecule has 0 amide bonds. The molecule has 4 heteroatoms. The van der Waals surface area contributed by atoms with Crippen LogP contribution in [0.25, 0.3) is 0 Å². The second-order valence-corrected chi connectivity index (χ2v) is 6.32. The number of likely N-dealkylation sites (tertiary alicyclic amines) is 1. The Hall–Kier alpha value is -0.640. The van der Waals surface area contributed by atoms with E-state index in [4.69, 9.17) is 11.6 Å². The molecule has 118 valence electrons. The normalized spacial score (nSPS) is 18.1. The molecule has 1 aliphatic heterocycles. The van der Waals surface area contributed by atoms with Gasteiger partial charge in [-0.15, -0.1) is 0 Å². The summed E-state index contributed by atoms with van der Waals surface area (Å²) in [5.41, 5.74) is 0.459. The van der Waals surface area contributed by atoms with E-state index in [1.165, 1.54) is 18.9 Å². The zero-order valence-corrected chi connectivity index (χ0v) is 13.7. The molecular weight excluding hydrogens is 289 g/mol. The van der Waals surface area contributed by atoms with E-state index in [0.29, 0.717) is 12.0 Å². The highest BCUT2D eigenvalue weighted by molar-refractivity contribution is 6.31. The van der Waals surface area contributed by atoms with Crippen LogP contribution in [0.5, 0.6) is 0 Å². The molecule has 1 N–H and O–H groups in total. The monoisotopic (exact) mass is 313 g/mol. The van der Waals surface area contributed by atoms with Crippen LogP contribution in [0.4, 0.5) is 4.39 Å². The molecule has 0 bridgehead atoms. The summed E-state index contributed by atoms with van der Waals surface area (Å²) in [5.74, 6) is -0.416. The minimum Gasteiger partial charge on any atom is -0.391 e. The largest absolute Gasteiger partial charge is 0.391 e. The standard InChI is InChI=1S/C17H25ClFNO/c1-3-17(4-2,20-10-5-6-11-20)15(21)12-13-8-7-9-14(19)16(13)18/h7-9,15,21H,3-6,10-12H2,1-2H3. The van der Waals surface area contributed by atoms with Crippen molar-refractivity contribution < 1.29 is 9.50 Å². The summed E-state index contributed by atoms with van der Waals surface area (Å²) in [4.78, 5) is 2.41. The molecule has 1 atom stereocenters. The maximum atomic E-state index is 13.6. The van der Waals surface area contributed by atoms with E-state index in [-0.39, 0.29) is 10.6 Å². The van der Waals surface area contributed by atoms with Crippen molar-refractivity contribution in [3.05, 3.63) is 34.6 Å². The predicted molar refractivity (Wildman–Crippen MR) is 85.2 cm³/mol. The van der Waals surface area contributed by atoms with Gasteiger partial charge in [-0.05, 0) is 50.4 Å². The third-order valence-electron chi connectivity index (χ3n) is 5.03. The number of hydrogen-bond acceptors (Lipinski definition) is 2. The van der Waals surface area contributed by atoms with Crippen LogP contribution in [0.1, 0.15) is 45.1 Å². The van der Waals surface area contributed by atoms with Crippen molar-refractivity contribution in [2.75, 3.05) is 13.1 Å². The lowest BCUT2D eigenvalue weighted by atomic mass is 9.81. The lowest BCUT2D eigenvalue weighted by molar-refractivity contribution is -0.0270. The summed E-state index contributed by atoms with van der Waals surface area (Å²) in [7, 11) is 0. The Labute approximate surface area is 131 Å². The topological polar surface area (TPSA) is 23.5 Å². The molecule has 0 radical (unpaired) electrons. The zero-order valence-electron chi connectivity index (χ0n) is 12.9. The van der Waals surface area contributed by atoms with Crippen LogP contribution in [0.2, 0.25) is 5.02 Å². The summed E-state index contributed by atoms with van der Waals surface area (Å²) in [6.07, 6.45) is 4.01. The molecule has 1 fully saturated rings. The molecule has 2 nitrogen and oxygen atoms in total. The molecule has 0 saturated carbocycles. The third kappa shape index (κ3) is 3.25. The number of hydrogen-bond donors (Lipinski definition) is 1. The van der Waals surface area contributed by atoms with Crippen LogP contribution in [0, 0.1) is 5.82 Å². The van der Waals surface area contributed by atoms with Gasteiger partial charge in [0.15, 0.2) is 0 Å². The van der Waals surface area contributed by atoms with Gasteiger partial charge in [-0.1, -0.05) is 37.6 Å². The first kappa shape index (κ1) is 16.7. The van der Waals surface area contributed by atoms with Gasteiger partial charge in [0, 0.05) is 12.0 Å². The minimum absolute atomic E-state index is 0.138. The molecule has 1 aromatic carbocycles. The number of aliphatic hydroxyl groups is 1. The first-order valence-corrected chi connectivity index (χ1v) is 8.29. The van der Waals surface area contributed by atoms with Gasteiger partial charge >= 0.3 is 0 Å².